The van der Waals surface area contributed by atoms with Gasteiger partial charge in [-0.05, 0) is 56.7 Å². The number of sulfonamides is 1. The van der Waals surface area contributed by atoms with Crippen molar-refractivity contribution < 1.29 is 17.9 Å². The highest BCUT2D eigenvalue weighted by Gasteiger charge is 2.21. The van der Waals surface area contributed by atoms with Gasteiger partial charge in [-0.2, -0.15) is 0 Å². The van der Waals surface area contributed by atoms with Crippen molar-refractivity contribution in [2.24, 2.45) is 0 Å². The van der Waals surface area contributed by atoms with Crippen molar-refractivity contribution in [1.82, 2.24) is 19.9 Å². The van der Waals surface area contributed by atoms with Crippen molar-refractivity contribution in [3.8, 4) is 0 Å². The number of nitrogens with one attached hydrogen (secondary N) is 2. The molecule has 4 aromatic rings. The van der Waals surface area contributed by atoms with Crippen LogP contribution in [-0.2, 0) is 14.8 Å². The lowest BCUT2D eigenvalue weighted by atomic mass is 10.2. The van der Waals surface area contributed by atoms with Gasteiger partial charge in [0.1, 0.15) is 21.9 Å². The zero-order valence-corrected chi connectivity index (χ0v) is 19.6. The molecule has 0 amide bonds. The molecule has 0 saturated heterocycles. The van der Waals surface area contributed by atoms with E-state index in [1.807, 2.05) is 6.92 Å². The number of fused-ring (bicyclic) bond motifs is 1. The highest BCUT2D eigenvalue weighted by atomic mass is 32.2. The molecule has 0 spiro atoms. The molecule has 0 aliphatic heterocycles. The summed E-state index contributed by atoms with van der Waals surface area (Å²) in [6.07, 6.45) is 4.06. The van der Waals surface area contributed by atoms with Crippen LogP contribution in [0.25, 0.3) is 10.2 Å². The van der Waals surface area contributed by atoms with E-state index in [9.17, 15) is 13.2 Å². The van der Waals surface area contributed by atoms with E-state index < -0.39 is 16.0 Å². The first-order valence-electron chi connectivity index (χ1n) is 9.86. The lowest BCUT2D eigenvalue weighted by Crippen LogP contribution is -2.14. The van der Waals surface area contributed by atoms with E-state index in [1.54, 1.807) is 32.0 Å². The SMILES string of the molecule is Cc1c(C(=O)OC(C)C)sc2ncnc(Nc3ccc(S(=O)(=O)Nc4ncccn4)cc3)c12. The fourth-order valence-corrected chi connectivity index (χ4v) is 5.00. The van der Waals surface area contributed by atoms with Crippen molar-refractivity contribution in [3.05, 3.63) is 59.5 Å². The first kappa shape index (κ1) is 22.6. The summed E-state index contributed by atoms with van der Waals surface area (Å²) in [7, 11) is -3.84. The predicted molar refractivity (Wildman–Crippen MR) is 125 cm³/mol. The summed E-state index contributed by atoms with van der Waals surface area (Å²) >= 11 is 1.24. The van der Waals surface area contributed by atoms with Crippen LogP contribution in [0.2, 0.25) is 0 Å². The minimum absolute atomic E-state index is 0.0113. The number of thiophene rings is 1. The number of aryl methyl sites for hydroxylation is 1. The van der Waals surface area contributed by atoms with Crippen molar-refractivity contribution >= 4 is 55.0 Å². The summed E-state index contributed by atoms with van der Waals surface area (Å²) in [5.74, 6) is 0.0903. The summed E-state index contributed by atoms with van der Waals surface area (Å²) in [6.45, 7) is 5.40. The Hall–Kier alpha value is -3.64. The van der Waals surface area contributed by atoms with Crippen LogP contribution in [0, 0.1) is 6.92 Å². The van der Waals surface area contributed by atoms with Gasteiger partial charge in [0.25, 0.3) is 10.0 Å². The third kappa shape index (κ3) is 4.91. The number of hydrogen-bond acceptors (Lipinski definition) is 10. The number of carbonyl (C=O) groups excluding carboxylic acids is 1. The quantitative estimate of drug-likeness (QED) is 0.374. The molecule has 3 aromatic heterocycles. The Bertz CT molecular complexity index is 1400. The zero-order valence-electron chi connectivity index (χ0n) is 17.9. The fourth-order valence-electron chi connectivity index (χ4n) is 3.01. The van der Waals surface area contributed by atoms with E-state index in [1.165, 1.54) is 42.2 Å². The van der Waals surface area contributed by atoms with Crippen molar-refractivity contribution in [2.75, 3.05) is 10.0 Å². The molecule has 12 heteroatoms. The normalized spacial score (nSPS) is 11.5. The van der Waals surface area contributed by atoms with Crippen LogP contribution in [0.5, 0.6) is 0 Å². The average molecular weight is 485 g/mol. The third-order valence-corrected chi connectivity index (χ3v) is 7.00. The molecule has 0 aliphatic rings. The predicted octanol–water partition coefficient (Wildman–Crippen LogP) is 3.90. The number of nitrogens with zero attached hydrogens (tertiary/aromatic N) is 4. The fraction of sp³-hybridized carbons (Fsp3) is 0.190. The van der Waals surface area contributed by atoms with Gasteiger partial charge in [-0.3, -0.25) is 0 Å². The van der Waals surface area contributed by atoms with Crippen LogP contribution in [0.15, 0.2) is 53.9 Å². The molecule has 0 bridgehead atoms. The largest absolute Gasteiger partial charge is 0.459 e. The second kappa shape index (κ2) is 9.08. The van der Waals surface area contributed by atoms with E-state index >= 15 is 0 Å². The van der Waals surface area contributed by atoms with E-state index in [0.29, 0.717) is 26.6 Å². The molecule has 0 saturated carbocycles. The number of carbonyl (C=O) groups is 1. The van der Waals surface area contributed by atoms with Gasteiger partial charge in [0, 0.05) is 18.1 Å². The van der Waals surface area contributed by atoms with E-state index in [0.717, 1.165) is 5.56 Å². The number of ether oxygens (including phenoxy) is 1. The number of anilines is 3. The second-order valence-corrected chi connectivity index (χ2v) is 9.92. The van der Waals surface area contributed by atoms with Crippen LogP contribution in [0.1, 0.15) is 29.1 Å². The van der Waals surface area contributed by atoms with E-state index in [-0.39, 0.29) is 16.9 Å². The Morgan fingerprint density at radius 2 is 1.76 bits per heavy atom. The zero-order chi connectivity index (χ0) is 23.6. The van der Waals surface area contributed by atoms with Crippen molar-refractivity contribution in [3.63, 3.8) is 0 Å². The smallest absolute Gasteiger partial charge is 0.348 e. The summed E-state index contributed by atoms with van der Waals surface area (Å²) in [5, 5.41) is 3.88. The number of esters is 1. The number of rotatable bonds is 7. The van der Waals surface area contributed by atoms with E-state index in [2.05, 4.69) is 30.0 Å². The molecule has 0 aliphatic carbocycles. The topological polar surface area (TPSA) is 136 Å². The Kier molecular flexibility index (Phi) is 6.20. The number of benzene rings is 1. The van der Waals surface area contributed by atoms with Crippen molar-refractivity contribution in [2.45, 2.75) is 31.8 Å². The second-order valence-electron chi connectivity index (χ2n) is 7.24. The molecule has 2 N–H and O–H groups in total. The van der Waals surface area contributed by atoms with Gasteiger partial charge in [-0.25, -0.2) is 37.9 Å². The first-order valence-corrected chi connectivity index (χ1v) is 12.2. The molecule has 33 heavy (non-hydrogen) atoms. The van der Waals surface area contributed by atoms with Crippen LogP contribution < -0.4 is 10.0 Å². The molecule has 4 rings (SSSR count). The highest BCUT2D eigenvalue weighted by Crippen LogP contribution is 2.35. The third-order valence-electron chi connectivity index (χ3n) is 4.47. The molecule has 0 radical (unpaired) electrons. The van der Waals surface area contributed by atoms with Crippen LogP contribution in [0.4, 0.5) is 17.5 Å². The van der Waals surface area contributed by atoms with Gasteiger partial charge >= 0.3 is 5.97 Å². The van der Waals surface area contributed by atoms with Gasteiger partial charge in [-0.15, -0.1) is 11.3 Å². The number of aromatic nitrogens is 4. The standard InChI is InChI=1S/C21H20N6O4S2/c1-12(2)31-20(28)17-13(3)16-18(24-11-25-19(16)32-17)26-14-5-7-15(8-6-14)33(29,30)27-21-22-9-4-10-23-21/h4-12H,1-3H3,(H,22,23,27)(H,24,25,26). The molecule has 0 atom stereocenters. The monoisotopic (exact) mass is 484 g/mol. The first-order chi connectivity index (χ1) is 15.7. The Balaban J connectivity index is 1.59. The van der Waals surface area contributed by atoms with Gasteiger partial charge in [0.2, 0.25) is 5.95 Å². The molecule has 3 heterocycles. The van der Waals surface area contributed by atoms with Gasteiger partial charge in [0.05, 0.1) is 16.4 Å². The molecular weight excluding hydrogens is 464 g/mol. The minimum Gasteiger partial charge on any atom is -0.459 e. The highest BCUT2D eigenvalue weighted by molar-refractivity contribution is 7.92. The molecule has 1 aromatic carbocycles. The molecule has 10 nitrogen and oxygen atoms in total. The van der Waals surface area contributed by atoms with Gasteiger partial charge < -0.3 is 10.1 Å². The summed E-state index contributed by atoms with van der Waals surface area (Å²) in [5.41, 5.74) is 1.33. The lowest BCUT2D eigenvalue weighted by Gasteiger charge is -2.10. The van der Waals surface area contributed by atoms with E-state index in [4.69, 9.17) is 4.74 Å². The Morgan fingerprint density at radius 1 is 1.06 bits per heavy atom. The number of hydrogen-bond donors (Lipinski definition) is 2. The van der Waals surface area contributed by atoms with Gasteiger partial charge in [0.15, 0.2) is 0 Å². The molecule has 0 fully saturated rings. The van der Waals surface area contributed by atoms with Crippen LogP contribution >= 0.6 is 11.3 Å². The lowest BCUT2D eigenvalue weighted by molar-refractivity contribution is 0.0383. The Labute approximate surface area is 194 Å². The van der Waals surface area contributed by atoms with Crippen LogP contribution in [0.3, 0.4) is 0 Å². The summed E-state index contributed by atoms with van der Waals surface area (Å²) in [6, 6.07) is 7.73. The van der Waals surface area contributed by atoms with Crippen molar-refractivity contribution in [1.29, 1.82) is 0 Å². The molecular formula is C21H20N6O4S2. The average Bonchev–Trinajstić information content (AvgIpc) is 3.12. The van der Waals surface area contributed by atoms with Crippen LogP contribution in [-0.4, -0.2) is 40.4 Å². The maximum Gasteiger partial charge on any atom is 0.348 e. The molecule has 170 valence electrons. The maximum atomic E-state index is 12.6. The van der Waals surface area contributed by atoms with Gasteiger partial charge in [-0.1, -0.05) is 0 Å². The maximum absolute atomic E-state index is 12.6. The summed E-state index contributed by atoms with van der Waals surface area (Å²) < 4.78 is 32.8. The summed E-state index contributed by atoms with van der Waals surface area (Å²) in [4.78, 5) is 29.9. The molecule has 0 unspecified atom stereocenters. The minimum atomic E-state index is -3.84. The Morgan fingerprint density at radius 3 is 2.42 bits per heavy atom.